The molecule has 0 saturated heterocycles. The molecule has 0 aromatic heterocycles. The molecule has 0 fully saturated rings. The Morgan fingerprint density at radius 1 is 1.23 bits per heavy atom. The molecule has 0 radical (unpaired) electrons. The number of halogens is 1. The molecule has 0 bridgehead atoms. The third-order valence-corrected chi connectivity index (χ3v) is 5.26. The molecule has 1 amide bonds. The molecule has 1 N–H and O–H groups in total. The van der Waals surface area contributed by atoms with Gasteiger partial charge >= 0.3 is 0 Å². The van der Waals surface area contributed by atoms with E-state index in [1.54, 1.807) is 48.5 Å². The van der Waals surface area contributed by atoms with Gasteiger partial charge < -0.3 is 10.1 Å². The van der Waals surface area contributed by atoms with Crippen LogP contribution in [0, 0.1) is 0 Å². The van der Waals surface area contributed by atoms with Gasteiger partial charge in [0.15, 0.2) is 6.10 Å². The fourth-order valence-electron chi connectivity index (χ4n) is 2.21. The first-order valence-corrected chi connectivity index (χ1v) is 10.2. The molecule has 140 valence electrons. The summed E-state index contributed by atoms with van der Waals surface area (Å²) >= 11 is 6.07. The average molecular weight is 397 g/mol. The largest absolute Gasteiger partial charge is 0.479 e. The normalized spacial score (nSPS) is 12.3. The number of carbonyl (C=O) groups excluding carboxylic acids is 1. The molecular weight excluding hydrogens is 376 g/mol. The van der Waals surface area contributed by atoms with E-state index < -0.39 is 16.1 Å². The van der Waals surface area contributed by atoms with Gasteiger partial charge in [0.2, 0.25) is 10.0 Å². The molecule has 0 spiro atoms. The lowest BCUT2D eigenvalue weighted by Crippen LogP contribution is -2.32. The minimum absolute atomic E-state index is 0.341. The predicted molar refractivity (Wildman–Crippen MR) is 104 cm³/mol. The maximum absolute atomic E-state index is 12.5. The molecule has 1 atom stereocenters. The van der Waals surface area contributed by atoms with Crippen molar-refractivity contribution in [3.63, 3.8) is 0 Å². The van der Waals surface area contributed by atoms with Gasteiger partial charge in [0.25, 0.3) is 5.91 Å². The van der Waals surface area contributed by atoms with Crippen LogP contribution in [0.3, 0.4) is 0 Å². The van der Waals surface area contributed by atoms with Crippen LogP contribution in [0.15, 0.2) is 48.5 Å². The van der Waals surface area contributed by atoms with Crippen molar-refractivity contribution in [2.75, 3.05) is 22.9 Å². The van der Waals surface area contributed by atoms with Crippen LogP contribution in [0.1, 0.15) is 13.3 Å². The SMILES string of the molecule is CC[C@@H](Oc1ccccc1Cl)C(=O)Nc1cccc(N(C)S(C)(=O)=O)c1. The third kappa shape index (κ3) is 5.12. The van der Waals surface area contributed by atoms with Gasteiger partial charge in [-0.25, -0.2) is 8.42 Å². The number of nitrogens with zero attached hydrogens (tertiary/aromatic N) is 1. The number of carbonyl (C=O) groups is 1. The highest BCUT2D eigenvalue weighted by Crippen LogP contribution is 2.25. The summed E-state index contributed by atoms with van der Waals surface area (Å²) < 4.78 is 30.2. The number of nitrogens with one attached hydrogen (secondary N) is 1. The van der Waals surface area contributed by atoms with Crippen molar-refractivity contribution in [2.45, 2.75) is 19.4 Å². The van der Waals surface area contributed by atoms with Gasteiger partial charge in [-0.2, -0.15) is 0 Å². The highest BCUT2D eigenvalue weighted by atomic mass is 35.5. The average Bonchev–Trinajstić information content (AvgIpc) is 2.59. The lowest BCUT2D eigenvalue weighted by molar-refractivity contribution is -0.122. The molecule has 8 heteroatoms. The van der Waals surface area contributed by atoms with Crippen molar-refractivity contribution in [2.24, 2.45) is 0 Å². The molecule has 26 heavy (non-hydrogen) atoms. The smallest absolute Gasteiger partial charge is 0.265 e. The van der Waals surface area contributed by atoms with Gasteiger partial charge in [-0.15, -0.1) is 0 Å². The van der Waals surface area contributed by atoms with Crippen molar-refractivity contribution < 1.29 is 17.9 Å². The zero-order valence-electron chi connectivity index (χ0n) is 14.8. The zero-order chi connectivity index (χ0) is 19.3. The molecule has 6 nitrogen and oxygen atoms in total. The van der Waals surface area contributed by atoms with Crippen LogP contribution in [-0.2, 0) is 14.8 Å². The van der Waals surface area contributed by atoms with Crippen LogP contribution in [0.2, 0.25) is 5.02 Å². The van der Waals surface area contributed by atoms with Crippen molar-refractivity contribution in [3.05, 3.63) is 53.6 Å². The highest BCUT2D eigenvalue weighted by molar-refractivity contribution is 7.92. The quantitative estimate of drug-likeness (QED) is 0.776. The molecule has 2 aromatic carbocycles. The number of benzene rings is 2. The standard InChI is InChI=1S/C18H21ClN2O4S/c1-4-16(25-17-11-6-5-10-15(17)19)18(22)20-13-8-7-9-14(12-13)21(2)26(3,23)24/h5-12,16H,4H2,1-3H3,(H,20,22)/t16-/m1/s1. The molecule has 0 saturated carbocycles. The van der Waals surface area contributed by atoms with E-state index in [2.05, 4.69) is 5.32 Å². The summed E-state index contributed by atoms with van der Waals surface area (Å²) in [6.07, 6.45) is 0.828. The van der Waals surface area contributed by atoms with Crippen molar-refractivity contribution in [1.29, 1.82) is 0 Å². The van der Waals surface area contributed by atoms with E-state index in [0.717, 1.165) is 10.6 Å². The van der Waals surface area contributed by atoms with Crippen LogP contribution in [0.4, 0.5) is 11.4 Å². The molecule has 0 heterocycles. The first kappa shape index (κ1) is 20.1. The van der Waals surface area contributed by atoms with Crippen LogP contribution in [0.25, 0.3) is 0 Å². The van der Waals surface area contributed by atoms with Crippen LogP contribution >= 0.6 is 11.6 Å². The Morgan fingerprint density at radius 3 is 2.54 bits per heavy atom. The number of hydrogen-bond donors (Lipinski definition) is 1. The van der Waals surface area contributed by atoms with E-state index >= 15 is 0 Å². The minimum Gasteiger partial charge on any atom is -0.479 e. The first-order chi connectivity index (χ1) is 12.2. The number of anilines is 2. The van der Waals surface area contributed by atoms with Crippen LogP contribution in [-0.4, -0.2) is 33.7 Å². The Balaban J connectivity index is 2.14. The summed E-state index contributed by atoms with van der Waals surface area (Å²) in [5, 5.41) is 3.18. The van der Waals surface area contributed by atoms with Gasteiger partial charge in [0.1, 0.15) is 5.75 Å². The summed E-state index contributed by atoms with van der Waals surface area (Å²) in [6.45, 7) is 1.83. The van der Waals surface area contributed by atoms with Crippen molar-refractivity contribution in [3.8, 4) is 5.75 Å². The van der Waals surface area contributed by atoms with E-state index in [9.17, 15) is 13.2 Å². The highest BCUT2D eigenvalue weighted by Gasteiger charge is 2.20. The monoisotopic (exact) mass is 396 g/mol. The zero-order valence-corrected chi connectivity index (χ0v) is 16.3. The van der Waals surface area contributed by atoms with E-state index in [-0.39, 0.29) is 5.91 Å². The number of amides is 1. The van der Waals surface area contributed by atoms with Crippen LogP contribution in [0.5, 0.6) is 5.75 Å². The van der Waals surface area contributed by atoms with Crippen LogP contribution < -0.4 is 14.4 Å². The Kier molecular flexibility index (Phi) is 6.50. The second kappa shape index (κ2) is 8.42. The number of sulfonamides is 1. The number of ether oxygens (including phenoxy) is 1. The lowest BCUT2D eigenvalue weighted by Gasteiger charge is -2.20. The molecule has 2 aromatic rings. The summed E-state index contributed by atoms with van der Waals surface area (Å²) in [5.41, 5.74) is 0.926. The summed E-state index contributed by atoms with van der Waals surface area (Å²) in [6, 6.07) is 13.5. The number of hydrogen-bond acceptors (Lipinski definition) is 4. The van der Waals surface area contributed by atoms with Gasteiger partial charge in [-0.05, 0) is 36.8 Å². The van der Waals surface area contributed by atoms with Gasteiger partial charge in [-0.1, -0.05) is 36.7 Å². The topological polar surface area (TPSA) is 75.7 Å². The van der Waals surface area contributed by atoms with E-state index in [0.29, 0.717) is 28.6 Å². The second-order valence-corrected chi connectivity index (χ2v) is 8.14. The van der Waals surface area contributed by atoms with E-state index in [1.165, 1.54) is 7.05 Å². The predicted octanol–water partition coefficient (Wildman–Crippen LogP) is 3.53. The molecule has 0 unspecified atom stereocenters. The number of para-hydroxylation sites is 1. The first-order valence-electron chi connectivity index (χ1n) is 7.98. The molecule has 0 aliphatic heterocycles. The molecule has 0 aliphatic rings. The Bertz CT molecular complexity index is 886. The van der Waals surface area contributed by atoms with Crippen molar-refractivity contribution in [1.82, 2.24) is 0 Å². The maximum Gasteiger partial charge on any atom is 0.265 e. The summed E-state index contributed by atoms with van der Waals surface area (Å²) in [5.74, 6) is 0.0910. The van der Waals surface area contributed by atoms with Crippen molar-refractivity contribution >= 4 is 38.9 Å². The maximum atomic E-state index is 12.5. The van der Waals surface area contributed by atoms with Gasteiger partial charge in [-0.3, -0.25) is 9.10 Å². The number of rotatable bonds is 7. The third-order valence-electron chi connectivity index (χ3n) is 3.74. The molecule has 0 aliphatic carbocycles. The minimum atomic E-state index is -3.39. The Hall–Kier alpha value is -2.25. The van der Waals surface area contributed by atoms with E-state index in [4.69, 9.17) is 16.3 Å². The summed E-state index contributed by atoms with van der Waals surface area (Å²) in [4.78, 5) is 12.5. The molecular formula is C18H21ClN2O4S. The Labute approximate surface area is 158 Å². The fraction of sp³-hybridized carbons (Fsp3) is 0.278. The second-order valence-electron chi connectivity index (χ2n) is 5.72. The molecule has 2 rings (SSSR count). The van der Waals surface area contributed by atoms with Gasteiger partial charge in [0, 0.05) is 12.7 Å². The van der Waals surface area contributed by atoms with Gasteiger partial charge in [0.05, 0.1) is 17.0 Å². The Morgan fingerprint density at radius 2 is 1.92 bits per heavy atom. The lowest BCUT2D eigenvalue weighted by atomic mass is 10.2. The summed E-state index contributed by atoms with van der Waals surface area (Å²) in [7, 11) is -1.94. The fourth-order valence-corrected chi connectivity index (χ4v) is 2.89. The van der Waals surface area contributed by atoms with E-state index in [1.807, 2.05) is 6.92 Å².